The monoisotopic (exact) mass is 370 g/mol. The Morgan fingerprint density at radius 1 is 1.06 bits per heavy atom. The van der Waals surface area contributed by atoms with Crippen LogP contribution in [0, 0.1) is 12.7 Å². The molecule has 0 heterocycles. The van der Waals surface area contributed by atoms with Crippen molar-refractivity contribution in [1.29, 1.82) is 0 Å². The molecule has 2 aromatic carbocycles. The van der Waals surface area contributed by atoms with Gasteiger partial charge >= 0.3 is 0 Å². The highest BCUT2D eigenvalue weighted by molar-refractivity contribution is 9.11. The summed E-state index contributed by atoms with van der Waals surface area (Å²) in [4.78, 5) is 12.3. The summed E-state index contributed by atoms with van der Waals surface area (Å²) in [5, 5.41) is 0. The minimum absolute atomic E-state index is 0.0777. The van der Waals surface area contributed by atoms with E-state index in [0.717, 1.165) is 10.0 Å². The number of benzene rings is 2. The second-order valence-corrected chi connectivity index (χ2v) is 5.60. The van der Waals surface area contributed by atoms with Crippen molar-refractivity contribution in [2.45, 2.75) is 6.92 Å². The Hall–Kier alpha value is -1.00. The van der Waals surface area contributed by atoms with E-state index in [1.165, 1.54) is 12.1 Å². The van der Waals surface area contributed by atoms with E-state index < -0.39 is 5.82 Å². The van der Waals surface area contributed by atoms with E-state index in [9.17, 15) is 9.18 Å². The largest absolute Gasteiger partial charge is 0.288 e. The molecule has 0 unspecified atom stereocenters. The fourth-order valence-electron chi connectivity index (χ4n) is 1.61. The molecule has 0 atom stereocenters. The molecule has 2 aromatic rings. The lowest BCUT2D eigenvalue weighted by molar-refractivity contribution is 0.103. The zero-order chi connectivity index (χ0) is 13.3. The van der Waals surface area contributed by atoms with Crippen LogP contribution in [-0.4, -0.2) is 5.78 Å². The number of halogens is 3. The zero-order valence-electron chi connectivity index (χ0n) is 9.51. The molecule has 1 nitrogen and oxygen atoms in total. The van der Waals surface area contributed by atoms with Gasteiger partial charge in [-0.3, -0.25) is 4.79 Å². The van der Waals surface area contributed by atoms with Gasteiger partial charge in [-0.05, 0) is 36.8 Å². The van der Waals surface area contributed by atoms with Crippen LogP contribution in [0.1, 0.15) is 21.5 Å². The average molecular weight is 372 g/mol. The highest BCUT2D eigenvalue weighted by Gasteiger charge is 2.17. The Labute approximate surface area is 121 Å². The number of rotatable bonds is 2. The molecule has 2 rings (SSSR count). The van der Waals surface area contributed by atoms with Crippen LogP contribution in [0.25, 0.3) is 0 Å². The Balaban J connectivity index is 2.53. The third kappa shape index (κ3) is 2.54. The van der Waals surface area contributed by atoms with Crippen molar-refractivity contribution in [3.05, 3.63) is 67.9 Å². The molecule has 0 bridgehead atoms. The molecule has 0 saturated carbocycles. The van der Waals surface area contributed by atoms with Crippen LogP contribution in [0.5, 0.6) is 0 Å². The molecule has 0 spiro atoms. The van der Waals surface area contributed by atoms with E-state index >= 15 is 0 Å². The molecule has 0 aliphatic rings. The zero-order valence-corrected chi connectivity index (χ0v) is 12.7. The van der Waals surface area contributed by atoms with Gasteiger partial charge in [-0.2, -0.15) is 0 Å². The van der Waals surface area contributed by atoms with Crippen molar-refractivity contribution in [3.8, 4) is 0 Å². The highest BCUT2D eigenvalue weighted by atomic mass is 79.9. The van der Waals surface area contributed by atoms with Crippen LogP contribution in [-0.2, 0) is 0 Å². The molecule has 0 fully saturated rings. The summed E-state index contributed by atoms with van der Waals surface area (Å²) in [6.45, 7) is 1.92. The van der Waals surface area contributed by atoms with E-state index in [1.807, 2.05) is 13.0 Å². The number of carbonyl (C=O) groups excluding carboxylic acids is 1. The summed E-state index contributed by atoms with van der Waals surface area (Å²) in [6.07, 6.45) is 0. The first-order valence-electron chi connectivity index (χ1n) is 5.25. The molecule has 0 radical (unpaired) electrons. The van der Waals surface area contributed by atoms with Gasteiger partial charge in [0, 0.05) is 14.5 Å². The molecule has 92 valence electrons. The SMILES string of the molecule is Cc1cc(Br)c(C(=O)c2ccccc2F)cc1Br. The summed E-state index contributed by atoms with van der Waals surface area (Å²) >= 11 is 6.71. The quantitative estimate of drug-likeness (QED) is 0.687. The summed E-state index contributed by atoms with van der Waals surface area (Å²) in [7, 11) is 0. The molecule has 0 aromatic heterocycles. The van der Waals surface area contributed by atoms with Crippen molar-refractivity contribution < 1.29 is 9.18 Å². The van der Waals surface area contributed by atoms with Gasteiger partial charge in [-0.25, -0.2) is 4.39 Å². The van der Waals surface area contributed by atoms with Crippen LogP contribution in [0.2, 0.25) is 0 Å². The lowest BCUT2D eigenvalue weighted by atomic mass is 10.0. The molecular weight excluding hydrogens is 363 g/mol. The van der Waals surface area contributed by atoms with Crippen molar-refractivity contribution >= 4 is 37.6 Å². The fourth-order valence-corrected chi connectivity index (χ4v) is 2.59. The maximum Gasteiger partial charge on any atom is 0.197 e. The molecule has 4 heteroatoms. The Kier molecular flexibility index (Phi) is 3.97. The second kappa shape index (κ2) is 5.33. The van der Waals surface area contributed by atoms with Crippen molar-refractivity contribution in [1.82, 2.24) is 0 Å². The van der Waals surface area contributed by atoms with Gasteiger partial charge in [0.2, 0.25) is 0 Å². The van der Waals surface area contributed by atoms with Crippen LogP contribution < -0.4 is 0 Å². The summed E-state index contributed by atoms with van der Waals surface area (Å²) in [5.41, 5.74) is 1.53. The second-order valence-electron chi connectivity index (χ2n) is 3.89. The molecular formula is C14H9Br2FO. The first-order chi connectivity index (χ1) is 8.50. The Bertz CT molecular complexity index is 623. The van der Waals surface area contributed by atoms with Gasteiger partial charge in [0.15, 0.2) is 5.78 Å². The number of ketones is 1. The Morgan fingerprint density at radius 2 is 1.72 bits per heavy atom. The standard InChI is InChI=1S/C14H9Br2FO/c1-8-6-12(16)10(7-11(8)15)14(18)9-4-2-3-5-13(9)17/h2-7H,1H3. The number of hydrogen-bond donors (Lipinski definition) is 0. The number of hydrogen-bond acceptors (Lipinski definition) is 1. The molecule has 0 aliphatic carbocycles. The maximum atomic E-state index is 13.6. The van der Waals surface area contributed by atoms with Crippen LogP contribution in [0.15, 0.2) is 45.3 Å². The Morgan fingerprint density at radius 3 is 2.39 bits per heavy atom. The van der Waals surface area contributed by atoms with Gasteiger partial charge in [-0.1, -0.05) is 44.0 Å². The van der Waals surface area contributed by atoms with Gasteiger partial charge in [0.25, 0.3) is 0 Å². The lowest BCUT2D eigenvalue weighted by Gasteiger charge is -2.07. The summed E-state index contributed by atoms with van der Waals surface area (Å²) in [6, 6.07) is 9.51. The average Bonchev–Trinajstić information content (AvgIpc) is 2.33. The lowest BCUT2D eigenvalue weighted by Crippen LogP contribution is -2.05. The van der Waals surface area contributed by atoms with Crippen LogP contribution in [0.4, 0.5) is 4.39 Å². The summed E-state index contributed by atoms with van der Waals surface area (Å²) < 4.78 is 15.1. The normalized spacial score (nSPS) is 10.4. The molecule has 0 N–H and O–H groups in total. The van der Waals surface area contributed by atoms with Crippen molar-refractivity contribution in [3.63, 3.8) is 0 Å². The molecule has 18 heavy (non-hydrogen) atoms. The fraction of sp³-hybridized carbons (Fsp3) is 0.0714. The minimum atomic E-state index is -0.508. The van der Waals surface area contributed by atoms with Gasteiger partial charge in [0.05, 0.1) is 5.56 Å². The highest BCUT2D eigenvalue weighted by Crippen LogP contribution is 2.27. The maximum absolute atomic E-state index is 13.6. The van der Waals surface area contributed by atoms with Gasteiger partial charge in [-0.15, -0.1) is 0 Å². The first-order valence-corrected chi connectivity index (χ1v) is 6.84. The van der Waals surface area contributed by atoms with E-state index in [4.69, 9.17) is 0 Å². The van der Waals surface area contributed by atoms with E-state index in [1.54, 1.807) is 18.2 Å². The van der Waals surface area contributed by atoms with Crippen molar-refractivity contribution in [2.24, 2.45) is 0 Å². The molecule has 0 saturated heterocycles. The van der Waals surface area contributed by atoms with E-state index in [-0.39, 0.29) is 11.3 Å². The van der Waals surface area contributed by atoms with E-state index in [0.29, 0.717) is 10.0 Å². The van der Waals surface area contributed by atoms with Crippen LogP contribution in [0.3, 0.4) is 0 Å². The predicted octanol–water partition coefficient (Wildman–Crippen LogP) is 4.89. The van der Waals surface area contributed by atoms with Gasteiger partial charge < -0.3 is 0 Å². The third-order valence-corrected chi connectivity index (χ3v) is 4.12. The van der Waals surface area contributed by atoms with Crippen molar-refractivity contribution in [2.75, 3.05) is 0 Å². The summed E-state index contributed by atoms with van der Waals surface area (Å²) in [5.74, 6) is -0.841. The number of carbonyl (C=O) groups is 1. The smallest absolute Gasteiger partial charge is 0.197 e. The van der Waals surface area contributed by atoms with Crippen LogP contribution >= 0.6 is 31.9 Å². The molecule has 0 amide bonds. The first kappa shape index (κ1) is 13.4. The topological polar surface area (TPSA) is 17.1 Å². The predicted molar refractivity (Wildman–Crippen MR) is 76.4 cm³/mol. The van der Waals surface area contributed by atoms with E-state index in [2.05, 4.69) is 31.9 Å². The third-order valence-electron chi connectivity index (χ3n) is 2.61. The minimum Gasteiger partial charge on any atom is -0.288 e. The molecule has 0 aliphatic heterocycles. The number of aryl methyl sites for hydroxylation is 1. The van der Waals surface area contributed by atoms with Gasteiger partial charge in [0.1, 0.15) is 5.82 Å².